The second-order valence-electron chi connectivity index (χ2n) is 9.71. The number of hydrogen-bond donors (Lipinski definition) is 0. The summed E-state index contributed by atoms with van der Waals surface area (Å²) in [6.07, 6.45) is 0. The third-order valence-corrected chi connectivity index (χ3v) is 6.00. The molecule has 14 nitrogen and oxygen atoms in total. The van der Waals surface area contributed by atoms with Crippen molar-refractivity contribution in [2.24, 2.45) is 0 Å². The lowest BCUT2D eigenvalue weighted by Gasteiger charge is -2.16. The van der Waals surface area contributed by atoms with Crippen LogP contribution < -0.4 is 0 Å². The van der Waals surface area contributed by atoms with Gasteiger partial charge >= 0.3 is 5.97 Å². The molecule has 0 N–H and O–H groups in total. The van der Waals surface area contributed by atoms with Gasteiger partial charge in [-0.3, -0.25) is 0 Å². The van der Waals surface area contributed by atoms with Gasteiger partial charge < -0.3 is 61.3 Å². The monoisotopic (exact) mass is 646 g/mol. The zero-order valence-corrected chi connectivity index (χ0v) is 28.0. The van der Waals surface area contributed by atoms with Gasteiger partial charge in [-0.1, -0.05) is 0 Å². The van der Waals surface area contributed by atoms with E-state index in [0.29, 0.717) is 145 Å². The van der Waals surface area contributed by atoms with Crippen molar-refractivity contribution in [3.05, 3.63) is 0 Å². The van der Waals surface area contributed by atoms with Crippen LogP contribution in [0.3, 0.4) is 0 Å². The predicted octanol–water partition coefficient (Wildman–Crippen LogP) is 1.19. The van der Waals surface area contributed by atoms with E-state index in [-0.39, 0.29) is 6.61 Å². The first kappa shape index (κ1) is 42.2. The van der Waals surface area contributed by atoms with Crippen molar-refractivity contribution >= 4 is 14.3 Å². The highest BCUT2D eigenvalue weighted by Gasteiger charge is 2.13. The Morgan fingerprint density at radius 2 is 0.581 bits per heavy atom. The van der Waals surface area contributed by atoms with E-state index < -0.39 is 14.3 Å². The Kier molecular flexibility index (Phi) is 33.5. The Hall–Kier alpha value is -0.793. The Balaban J connectivity index is 3.06. The number of carbonyl (C=O) groups is 1. The molecule has 0 radical (unpaired) electrons. The van der Waals surface area contributed by atoms with Crippen molar-refractivity contribution in [2.45, 2.75) is 19.6 Å². The van der Waals surface area contributed by atoms with Crippen LogP contribution in [0.5, 0.6) is 0 Å². The molecule has 0 saturated heterocycles. The SMILES string of the molecule is COC(=O)COCCOCCOCCOCCOCCOCCOCCOCCOCCOCCOCCO[Si](C)(C)C. The van der Waals surface area contributed by atoms with Gasteiger partial charge in [-0.15, -0.1) is 0 Å². The predicted molar refractivity (Wildman–Crippen MR) is 160 cm³/mol. The zero-order valence-electron chi connectivity index (χ0n) is 27.0. The van der Waals surface area contributed by atoms with E-state index in [9.17, 15) is 4.79 Å². The Morgan fingerprint density at radius 1 is 0.372 bits per heavy atom. The molecule has 0 aromatic heterocycles. The van der Waals surface area contributed by atoms with Crippen LogP contribution in [0.2, 0.25) is 19.6 Å². The fourth-order valence-corrected chi connectivity index (χ4v) is 3.52. The van der Waals surface area contributed by atoms with Crippen LogP contribution in [0.4, 0.5) is 0 Å². The highest BCUT2D eigenvalue weighted by atomic mass is 28.4. The lowest BCUT2D eigenvalue weighted by molar-refractivity contribution is -0.146. The molecule has 0 fully saturated rings. The molecule has 0 bridgehead atoms. The van der Waals surface area contributed by atoms with Crippen molar-refractivity contribution in [1.29, 1.82) is 0 Å². The second-order valence-corrected chi connectivity index (χ2v) is 14.2. The fraction of sp³-hybridized carbons (Fsp3) is 0.964. The molecular formula is C28H58O14Si. The molecule has 15 heteroatoms. The molecule has 0 atom stereocenters. The van der Waals surface area contributed by atoms with Gasteiger partial charge in [0.05, 0.1) is 152 Å². The summed E-state index contributed by atoms with van der Waals surface area (Å²) in [6.45, 7) is 17.4. The first-order chi connectivity index (χ1) is 21.0. The maximum atomic E-state index is 10.8. The first-order valence-corrected chi connectivity index (χ1v) is 18.4. The maximum Gasteiger partial charge on any atom is 0.331 e. The van der Waals surface area contributed by atoms with Crippen molar-refractivity contribution in [3.63, 3.8) is 0 Å². The molecule has 0 rings (SSSR count). The molecule has 0 unspecified atom stereocenters. The molecule has 0 aliphatic rings. The molecule has 43 heavy (non-hydrogen) atoms. The van der Waals surface area contributed by atoms with E-state index in [1.165, 1.54) is 7.11 Å². The quantitative estimate of drug-likeness (QED) is 0.0547. The summed E-state index contributed by atoms with van der Waals surface area (Å²) >= 11 is 0. The van der Waals surface area contributed by atoms with Gasteiger partial charge in [0, 0.05) is 0 Å². The van der Waals surface area contributed by atoms with E-state index in [0.717, 1.165) is 0 Å². The fourth-order valence-electron chi connectivity index (χ4n) is 2.82. The van der Waals surface area contributed by atoms with Crippen LogP contribution in [-0.2, 0) is 66.1 Å². The summed E-state index contributed by atoms with van der Waals surface area (Å²) in [5.74, 6) is -0.407. The highest BCUT2D eigenvalue weighted by Crippen LogP contribution is 2.01. The van der Waals surface area contributed by atoms with E-state index >= 15 is 0 Å². The number of esters is 1. The minimum absolute atomic E-state index is 0.0693. The minimum Gasteiger partial charge on any atom is -0.467 e. The van der Waals surface area contributed by atoms with E-state index in [2.05, 4.69) is 24.4 Å². The molecule has 0 aliphatic carbocycles. The van der Waals surface area contributed by atoms with Crippen molar-refractivity contribution in [1.82, 2.24) is 0 Å². The molecule has 258 valence electrons. The van der Waals surface area contributed by atoms with Gasteiger partial charge in [0.2, 0.25) is 0 Å². The van der Waals surface area contributed by atoms with E-state index in [4.69, 9.17) is 56.5 Å². The average molecular weight is 647 g/mol. The van der Waals surface area contributed by atoms with Gasteiger partial charge in [-0.05, 0) is 19.6 Å². The molecule has 0 aromatic rings. The van der Waals surface area contributed by atoms with E-state index in [1.54, 1.807) is 0 Å². The van der Waals surface area contributed by atoms with Crippen LogP contribution in [0, 0.1) is 0 Å². The second kappa shape index (κ2) is 34.1. The number of rotatable bonds is 36. The van der Waals surface area contributed by atoms with Crippen molar-refractivity contribution in [2.75, 3.05) is 159 Å². The third kappa shape index (κ3) is 39.2. The average Bonchev–Trinajstić information content (AvgIpc) is 2.98. The van der Waals surface area contributed by atoms with Gasteiger partial charge in [-0.2, -0.15) is 0 Å². The Bertz CT molecular complexity index is 568. The van der Waals surface area contributed by atoms with Gasteiger partial charge in [0.1, 0.15) is 6.61 Å². The normalized spacial score (nSPS) is 11.8. The number of carbonyl (C=O) groups excluding carboxylic acids is 1. The third-order valence-electron chi connectivity index (χ3n) is 4.93. The van der Waals surface area contributed by atoms with Crippen LogP contribution in [0.1, 0.15) is 0 Å². The van der Waals surface area contributed by atoms with Crippen LogP contribution in [0.25, 0.3) is 0 Å². The maximum absolute atomic E-state index is 10.8. The summed E-state index contributed by atoms with van der Waals surface area (Å²) in [5, 5.41) is 0. The van der Waals surface area contributed by atoms with Crippen molar-refractivity contribution in [3.8, 4) is 0 Å². The largest absolute Gasteiger partial charge is 0.467 e. The molecular weight excluding hydrogens is 588 g/mol. The topological polar surface area (TPSA) is 137 Å². The molecule has 0 amide bonds. The van der Waals surface area contributed by atoms with Crippen molar-refractivity contribution < 1.29 is 66.1 Å². The summed E-state index contributed by atoms with van der Waals surface area (Å²) in [6, 6.07) is 0. The molecule has 0 saturated carbocycles. The smallest absolute Gasteiger partial charge is 0.331 e. The van der Waals surface area contributed by atoms with E-state index in [1.807, 2.05) is 0 Å². The zero-order chi connectivity index (χ0) is 31.5. The summed E-state index contributed by atoms with van der Waals surface area (Å²) in [7, 11) is -0.137. The minimum atomic E-state index is -1.45. The molecule has 0 aromatic carbocycles. The first-order valence-electron chi connectivity index (χ1n) is 15.0. The number of hydrogen-bond acceptors (Lipinski definition) is 14. The van der Waals surface area contributed by atoms with Crippen LogP contribution >= 0.6 is 0 Å². The Labute approximate surface area is 259 Å². The number of methoxy groups -OCH3 is 1. The lowest BCUT2D eigenvalue weighted by Crippen LogP contribution is -2.27. The standard InChI is InChI=1S/C28H58O14Si/c1-30-28(29)27-41-24-23-39-20-19-37-16-15-35-12-11-33-8-7-31-5-6-32-9-10-34-13-14-36-17-18-38-21-22-40-25-26-42-43(2,3)4/h5-27H2,1-4H3. The van der Waals surface area contributed by atoms with Gasteiger partial charge in [0.15, 0.2) is 8.32 Å². The van der Waals surface area contributed by atoms with Crippen LogP contribution in [-0.4, -0.2) is 173 Å². The number of ether oxygens (including phenoxy) is 12. The van der Waals surface area contributed by atoms with Crippen LogP contribution in [0.15, 0.2) is 0 Å². The Morgan fingerprint density at radius 3 is 0.791 bits per heavy atom. The molecule has 0 aliphatic heterocycles. The summed E-state index contributed by atoms with van der Waals surface area (Å²) in [5.41, 5.74) is 0. The molecule has 0 spiro atoms. The van der Waals surface area contributed by atoms with Gasteiger partial charge in [-0.25, -0.2) is 4.79 Å². The highest BCUT2D eigenvalue weighted by molar-refractivity contribution is 6.69. The van der Waals surface area contributed by atoms with Gasteiger partial charge in [0.25, 0.3) is 0 Å². The molecule has 0 heterocycles. The summed E-state index contributed by atoms with van der Waals surface area (Å²) < 4.78 is 69.6. The lowest BCUT2D eigenvalue weighted by atomic mass is 10.6. The summed E-state index contributed by atoms with van der Waals surface area (Å²) in [4.78, 5) is 10.8.